The van der Waals surface area contributed by atoms with Crippen molar-refractivity contribution in [3.63, 3.8) is 0 Å². The van der Waals surface area contributed by atoms with Gasteiger partial charge in [0, 0.05) is 18.4 Å². The second-order valence-electron chi connectivity index (χ2n) is 6.03. The van der Waals surface area contributed by atoms with Crippen molar-refractivity contribution in [2.75, 3.05) is 23.9 Å². The molecule has 2 amide bonds. The molecule has 1 atom stereocenters. The van der Waals surface area contributed by atoms with Crippen molar-refractivity contribution in [3.05, 3.63) is 48.2 Å². The summed E-state index contributed by atoms with van der Waals surface area (Å²) in [6.07, 6.45) is 1.56. The first-order valence-electron chi connectivity index (χ1n) is 8.36. The summed E-state index contributed by atoms with van der Waals surface area (Å²) in [7, 11) is 1.29. The minimum atomic E-state index is -1.74. The first-order valence-corrected chi connectivity index (χ1v) is 8.36. The molecule has 1 aromatic heterocycles. The number of fused-ring (bicyclic) bond motifs is 1. The quantitative estimate of drug-likeness (QED) is 0.654. The molecule has 0 radical (unpaired) electrons. The Morgan fingerprint density at radius 2 is 1.96 bits per heavy atom. The molecule has 0 saturated heterocycles. The lowest BCUT2D eigenvalue weighted by Crippen LogP contribution is -2.60. The van der Waals surface area contributed by atoms with Crippen molar-refractivity contribution in [2.24, 2.45) is 0 Å². The number of esters is 1. The van der Waals surface area contributed by atoms with Gasteiger partial charge in [0.2, 0.25) is 0 Å². The number of likely N-dealkylation sites (N-methyl/N-ethyl adjacent to an activating group) is 1. The van der Waals surface area contributed by atoms with E-state index in [1.165, 1.54) is 31.1 Å². The Morgan fingerprint density at radius 3 is 2.59 bits per heavy atom. The van der Waals surface area contributed by atoms with Gasteiger partial charge >= 0.3 is 5.97 Å². The van der Waals surface area contributed by atoms with Crippen LogP contribution in [-0.2, 0) is 14.3 Å². The van der Waals surface area contributed by atoms with E-state index in [1.54, 1.807) is 37.4 Å². The molecule has 1 N–H and O–H groups in total. The maximum Gasteiger partial charge on any atom is 0.337 e. The number of aromatic nitrogens is 1. The van der Waals surface area contributed by atoms with E-state index < -0.39 is 23.4 Å². The minimum Gasteiger partial charge on any atom is -0.465 e. The van der Waals surface area contributed by atoms with Crippen molar-refractivity contribution >= 4 is 29.3 Å². The number of hydrogen-bond donors (Lipinski definition) is 1. The summed E-state index contributed by atoms with van der Waals surface area (Å²) in [6.45, 7) is 3.57. The number of benzene rings is 1. The fourth-order valence-corrected chi connectivity index (χ4v) is 2.78. The highest BCUT2D eigenvalue weighted by Gasteiger charge is 2.50. The first-order chi connectivity index (χ1) is 12.9. The number of nitrogens with one attached hydrogen (secondary N) is 1. The molecule has 2 heterocycles. The molecule has 8 heteroatoms. The van der Waals surface area contributed by atoms with Crippen LogP contribution < -0.4 is 15.0 Å². The van der Waals surface area contributed by atoms with Crippen molar-refractivity contribution in [1.82, 2.24) is 4.98 Å². The van der Waals surface area contributed by atoms with Gasteiger partial charge in [-0.25, -0.2) is 9.78 Å². The van der Waals surface area contributed by atoms with Gasteiger partial charge in [0.25, 0.3) is 17.4 Å². The van der Waals surface area contributed by atoms with Crippen LogP contribution in [-0.4, -0.2) is 42.0 Å². The standard InChI is InChI=1S/C19H19N3O5/c1-4-22-15-14(6-5-11-20-15)27-19(2,18(22)25)17(24)21-13-9-7-12(8-10-13)16(23)26-3/h5-11H,4H2,1-3H3,(H,21,24). The molecule has 3 rings (SSSR count). The monoisotopic (exact) mass is 369 g/mol. The number of rotatable bonds is 4. The zero-order chi connectivity index (χ0) is 19.6. The number of methoxy groups -OCH3 is 1. The van der Waals surface area contributed by atoms with Crippen LogP contribution in [0.2, 0.25) is 0 Å². The minimum absolute atomic E-state index is 0.350. The van der Waals surface area contributed by atoms with E-state index in [0.29, 0.717) is 29.4 Å². The van der Waals surface area contributed by atoms with Crippen LogP contribution in [0.4, 0.5) is 11.5 Å². The van der Waals surface area contributed by atoms with Crippen LogP contribution in [0, 0.1) is 0 Å². The SMILES string of the molecule is CCN1C(=O)C(C)(C(=O)Nc2ccc(C(=O)OC)cc2)Oc2cccnc21. The zero-order valence-corrected chi connectivity index (χ0v) is 15.2. The lowest BCUT2D eigenvalue weighted by molar-refractivity contribution is -0.145. The Bertz CT molecular complexity index is 896. The summed E-state index contributed by atoms with van der Waals surface area (Å²) in [5, 5.41) is 2.66. The fraction of sp³-hybridized carbons (Fsp3) is 0.263. The number of carbonyl (C=O) groups is 3. The van der Waals surface area contributed by atoms with Crippen LogP contribution in [0.3, 0.4) is 0 Å². The molecule has 1 aliphatic heterocycles. The maximum absolute atomic E-state index is 12.9. The van der Waals surface area contributed by atoms with Gasteiger partial charge in [-0.05, 0) is 50.2 Å². The third-order valence-corrected chi connectivity index (χ3v) is 4.29. The topological polar surface area (TPSA) is 97.8 Å². The van der Waals surface area contributed by atoms with E-state index >= 15 is 0 Å². The smallest absolute Gasteiger partial charge is 0.337 e. The predicted molar refractivity (Wildman–Crippen MR) is 97.7 cm³/mol. The summed E-state index contributed by atoms with van der Waals surface area (Å²) in [4.78, 5) is 42.8. The Balaban J connectivity index is 1.85. The highest BCUT2D eigenvalue weighted by atomic mass is 16.5. The van der Waals surface area contributed by atoms with Gasteiger partial charge in [-0.3, -0.25) is 14.5 Å². The number of pyridine rings is 1. The second kappa shape index (κ2) is 7.06. The summed E-state index contributed by atoms with van der Waals surface area (Å²) < 4.78 is 10.4. The molecule has 1 aliphatic rings. The molecule has 1 aromatic carbocycles. The summed E-state index contributed by atoms with van der Waals surface area (Å²) in [6, 6.07) is 9.47. The van der Waals surface area contributed by atoms with Crippen molar-refractivity contribution < 1.29 is 23.9 Å². The van der Waals surface area contributed by atoms with Crippen LogP contribution in [0.5, 0.6) is 5.75 Å². The third kappa shape index (κ3) is 3.21. The fourth-order valence-electron chi connectivity index (χ4n) is 2.78. The number of ether oxygens (including phenoxy) is 2. The highest BCUT2D eigenvalue weighted by molar-refractivity contribution is 6.19. The first kappa shape index (κ1) is 18.4. The highest BCUT2D eigenvalue weighted by Crippen LogP contribution is 2.36. The average molecular weight is 369 g/mol. The van der Waals surface area contributed by atoms with E-state index in [4.69, 9.17) is 4.74 Å². The zero-order valence-electron chi connectivity index (χ0n) is 15.2. The Morgan fingerprint density at radius 1 is 1.26 bits per heavy atom. The summed E-state index contributed by atoms with van der Waals surface area (Å²) in [5.74, 6) is -0.852. The average Bonchev–Trinajstić information content (AvgIpc) is 2.69. The maximum atomic E-state index is 12.9. The van der Waals surface area contributed by atoms with Gasteiger partial charge < -0.3 is 14.8 Å². The lowest BCUT2D eigenvalue weighted by Gasteiger charge is -2.38. The van der Waals surface area contributed by atoms with Crippen molar-refractivity contribution in [3.8, 4) is 5.75 Å². The molecule has 1 unspecified atom stereocenters. The van der Waals surface area contributed by atoms with E-state index in [0.717, 1.165) is 0 Å². The molecule has 0 saturated carbocycles. The van der Waals surface area contributed by atoms with Gasteiger partial charge in [-0.15, -0.1) is 0 Å². The van der Waals surface area contributed by atoms with Crippen LogP contribution >= 0.6 is 0 Å². The Labute approximate surface area is 156 Å². The number of amides is 2. The summed E-state index contributed by atoms with van der Waals surface area (Å²) in [5.41, 5.74) is -0.971. The van der Waals surface area contributed by atoms with Gasteiger partial charge in [0.1, 0.15) is 0 Å². The lowest BCUT2D eigenvalue weighted by atomic mass is 10.0. The van der Waals surface area contributed by atoms with E-state index in [9.17, 15) is 14.4 Å². The van der Waals surface area contributed by atoms with Crippen molar-refractivity contribution in [1.29, 1.82) is 0 Å². The normalized spacial score (nSPS) is 18.3. The molecular weight excluding hydrogens is 350 g/mol. The summed E-state index contributed by atoms with van der Waals surface area (Å²) >= 11 is 0. The molecule has 8 nitrogen and oxygen atoms in total. The Hall–Kier alpha value is -3.42. The van der Waals surface area contributed by atoms with Gasteiger partial charge in [-0.2, -0.15) is 0 Å². The molecule has 0 aliphatic carbocycles. The van der Waals surface area contributed by atoms with E-state index in [2.05, 4.69) is 15.0 Å². The molecule has 0 fully saturated rings. The van der Waals surface area contributed by atoms with Gasteiger partial charge in [-0.1, -0.05) is 0 Å². The van der Waals surface area contributed by atoms with Crippen LogP contribution in [0.1, 0.15) is 24.2 Å². The van der Waals surface area contributed by atoms with Crippen molar-refractivity contribution in [2.45, 2.75) is 19.4 Å². The van der Waals surface area contributed by atoms with Crippen LogP contribution in [0.15, 0.2) is 42.6 Å². The third-order valence-electron chi connectivity index (χ3n) is 4.29. The molecule has 0 spiro atoms. The van der Waals surface area contributed by atoms with Gasteiger partial charge in [0.05, 0.1) is 12.7 Å². The number of hydrogen-bond acceptors (Lipinski definition) is 6. The number of nitrogens with zero attached hydrogens (tertiary/aromatic N) is 2. The molecule has 0 bridgehead atoms. The molecular formula is C19H19N3O5. The molecule has 140 valence electrons. The number of anilines is 2. The van der Waals surface area contributed by atoms with Crippen LogP contribution in [0.25, 0.3) is 0 Å². The van der Waals surface area contributed by atoms with Gasteiger partial charge in [0.15, 0.2) is 11.6 Å². The number of carbonyl (C=O) groups excluding carboxylic acids is 3. The van der Waals surface area contributed by atoms with E-state index in [-0.39, 0.29) is 0 Å². The van der Waals surface area contributed by atoms with E-state index in [1.807, 2.05) is 0 Å². The second-order valence-corrected chi connectivity index (χ2v) is 6.03. The molecule has 2 aromatic rings. The largest absolute Gasteiger partial charge is 0.465 e. The molecule has 27 heavy (non-hydrogen) atoms. The predicted octanol–water partition coefficient (Wildman–Crippen LogP) is 2.01. The Kier molecular flexibility index (Phi) is 4.81.